The minimum absolute atomic E-state index is 0.0274. The Morgan fingerprint density at radius 1 is 1.35 bits per heavy atom. The number of benzene rings is 1. The van der Waals surface area contributed by atoms with E-state index in [0.717, 1.165) is 0 Å². The highest BCUT2D eigenvalue weighted by Crippen LogP contribution is 2.23. The number of anilines is 1. The fourth-order valence-corrected chi connectivity index (χ4v) is 1.40. The second kappa shape index (κ2) is 5.45. The summed E-state index contributed by atoms with van der Waals surface area (Å²) in [5.41, 5.74) is 0.308. The number of halogens is 1. The van der Waals surface area contributed by atoms with E-state index in [1.165, 1.54) is 25.1 Å². The molecule has 1 amide bonds. The van der Waals surface area contributed by atoms with Crippen LogP contribution in [0.15, 0.2) is 18.2 Å². The average molecular weight is 256 g/mol. The molecule has 0 fully saturated rings. The molecule has 0 spiro atoms. The van der Waals surface area contributed by atoms with Crippen molar-refractivity contribution >= 4 is 34.9 Å². The predicted molar refractivity (Wildman–Crippen MR) is 62.3 cm³/mol. The number of nitrogens with one attached hydrogen (secondary N) is 1. The van der Waals surface area contributed by atoms with Crippen molar-refractivity contribution in [1.29, 1.82) is 0 Å². The quantitative estimate of drug-likeness (QED) is 0.806. The van der Waals surface area contributed by atoms with Gasteiger partial charge in [-0.2, -0.15) is 0 Å². The van der Waals surface area contributed by atoms with Crippen LogP contribution in [0.5, 0.6) is 0 Å². The Hall–Kier alpha value is -1.88. The van der Waals surface area contributed by atoms with E-state index >= 15 is 0 Å². The summed E-state index contributed by atoms with van der Waals surface area (Å²) in [6.45, 7) is 1.30. The Labute approximate surface area is 102 Å². The standard InChI is InChI=1S/C11H10ClNO4/c1-6(14)4-10(15)13-9-3-2-7(11(16)17)5-8(9)12/h2-3,5H,4H2,1H3,(H,13,15)(H,16,17). The molecule has 0 radical (unpaired) electrons. The van der Waals surface area contributed by atoms with Crippen LogP contribution in [0, 0.1) is 0 Å². The molecule has 1 aromatic carbocycles. The van der Waals surface area contributed by atoms with Gasteiger partial charge in [0.15, 0.2) is 0 Å². The topological polar surface area (TPSA) is 83.5 Å². The summed E-state index contributed by atoms with van der Waals surface area (Å²) in [6.07, 6.45) is -0.239. The second-order valence-electron chi connectivity index (χ2n) is 3.43. The Morgan fingerprint density at radius 3 is 2.47 bits per heavy atom. The SMILES string of the molecule is CC(=O)CC(=O)Nc1ccc(C(=O)O)cc1Cl. The van der Waals surface area contributed by atoms with Crippen LogP contribution in [0.25, 0.3) is 0 Å². The molecular formula is C11H10ClNO4. The number of aromatic carboxylic acids is 1. The predicted octanol–water partition coefficient (Wildman–Crippen LogP) is 1.96. The third-order valence-electron chi connectivity index (χ3n) is 1.90. The summed E-state index contributed by atoms with van der Waals surface area (Å²) in [6, 6.07) is 3.93. The van der Waals surface area contributed by atoms with E-state index in [0.29, 0.717) is 0 Å². The molecule has 0 saturated heterocycles. The molecule has 0 aliphatic rings. The van der Waals surface area contributed by atoms with Gasteiger partial charge >= 0.3 is 5.97 Å². The highest BCUT2D eigenvalue weighted by molar-refractivity contribution is 6.34. The lowest BCUT2D eigenvalue weighted by molar-refractivity contribution is -0.124. The monoisotopic (exact) mass is 255 g/mol. The van der Waals surface area contributed by atoms with Gasteiger partial charge in [-0.1, -0.05) is 11.6 Å². The van der Waals surface area contributed by atoms with Crippen LogP contribution in [0.1, 0.15) is 23.7 Å². The Bertz CT molecular complexity index is 484. The Morgan fingerprint density at radius 2 is 2.00 bits per heavy atom. The van der Waals surface area contributed by atoms with Gasteiger partial charge in [-0.3, -0.25) is 9.59 Å². The van der Waals surface area contributed by atoms with Crippen LogP contribution in [0.3, 0.4) is 0 Å². The van der Waals surface area contributed by atoms with E-state index in [2.05, 4.69) is 5.32 Å². The number of carboxylic acid groups (broad SMARTS) is 1. The number of carbonyl (C=O) groups is 3. The zero-order valence-corrected chi connectivity index (χ0v) is 9.75. The molecule has 0 aliphatic heterocycles. The first kappa shape index (κ1) is 13.2. The van der Waals surface area contributed by atoms with Crippen LogP contribution in [0.2, 0.25) is 5.02 Å². The van der Waals surface area contributed by atoms with E-state index < -0.39 is 11.9 Å². The van der Waals surface area contributed by atoms with Crippen molar-refractivity contribution < 1.29 is 19.5 Å². The molecule has 0 saturated carbocycles. The van der Waals surface area contributed by atoms with Gasteiger partial charge in [0, 0.05) is 0 Å². The molecule has 0 bridgehead atoms. The van der Waals surface area contributed by atoms with Crippen LogP contribution < -0.4 is 5.32 Å². The zero-order chi connectivity index (χ0) is 13.0. The molecule has 0 unspecified atom stereocenters. The van der Waals surface area contributed by atoms with Crippen LogP contribution in [-0.4, -0.2) is 22.8 Å². The molecule has 0 aromatic heterocycles. The summed E-state index contributed by atoms with van der Waals surface area (Å²) in [5, 5.41) is 11.2. The maximum Gasteiger partial charge on any atom is 0.335 e. The number of rotatable bonds is 4. The maximum atomic E-state index is 11.3. The number of amides is 1. The van der Waals surface area contributed by atoms with Crippen LogP contribution in [0.4, 0.5) is 5.69 Å². The van der Waals surface area contributed by atoms with E-state index in [1.54, 1.807) is 0 Å². The number of carbonyl (C=O) groups excluding carboxylic acids is 2. The lowest BCUT2D eigenvalue weighted by Crippen LogP contribution is -2.15. The van der Waals surface area contributed by atoms with Gasteiger partial charge < -0.3 is 10.4 Å². The highest BCUT2D eigenvalue weighted by Gasteiger charge is 2.10. The fraction of sp³-hybridized carbons (Fsp3) is 0.182. The smallest absolute Gasteiger partial charge is 0.335 e. The van der Waals surface area contributed by atoms with Crippen molar-refractivity contribution in [2.45, 2.75) is 13.3 Å². The zero-order valence-electron chi connectivity index (χ0n) is 8.99. The maximum absolute atomic E-state index is 11.3. The van der Waals surface area contributed by atoms with E-state index in [4.69, 9.17) is 16.7 Å². The Kier molecular flexibility index (Phi) is 4.23. The van der Waals surface area contributed by atoms with Crippen molar-refractivity contribution in [2.75, 3.05) is 5.32 Å². The summed E-state index contributed by atoms with van der Waals surface area (Å²) in [4.78, 5) is 32.6. The van der Waals surface area contributed by atoms with Gasteiger partial charge in [0.25, 0.3) is 0 Å². The molecule has 90 valence electrons. The van der Waals surface area contributed by atoms with Crippen molar-refractivity contribution in [2.24, 2.45) is 0 Å². The van der Waals surface area contributed by atoms with Crippen molar-refractivity contribution in [3.05, 3.63) is 28.8 Å². The normalized spacial score (nSPS) is 9.76. The third kappa shape index (κ3) is 3.88. The van der Waals surface area contributed by atoms with Crippen molar-refractivity contribution in [3.8, 4) is 0 Å². The average Bonchev–Trinajstić information content (AvgIpc) is 2.19. The molecule has 2 N–H and O–H groups in total. The largest absolute Gasteiger partial charge is 0.478 e. The summed E-state index contributed by atoms with van der Waals surface area (Å²) >= 11 is 5.79. The minimum atomic E-state index is -1.10. The fourth-order valence-electron chi connectivity index (χ4n) is 1.17. The summed E-state index contributed by atoms with van der Waals surface area (Å²) in [5.74, 6) is -1.85. The van der Waals surface area contributed by atoms with Crippen LogP contribution in [-0.2, 0) is 9.59 Å². The molecule has 0 atom stereocenters. The third-order valence-corrected chi connectivity index (χ3v) is 2.21. The molecule has 17 heavy (non-hydrogen) atoms. The summed E-state index contributed by atoms with van der Waals surface area (Å²) in [7, 11) is 0. The van der Waals surface area contributed by atoms with E-state index in [-0.39, 0.29) is 28.5 Å². The van der Waals surface area contributed by atoms with Gasteiger partial charge in [-0.15, -0.1) is 0 Å². The molecule has 1 rings (SSSR count). The molecule has 0 heterocycles. The van der Waals surface area contributed by atoms with Gasteiger partial charge in [-0.05, 0) is 25.1 Å². The highest BCUT2D eigenvalue weighted by atomic mass is 35.5. The van der Waals surface area contributed by atoms with Crippen LogP contribution >= 0.6 is 11.6 Å². The lowest BCUT2D eigenvalue weighted by atomic mass is 10.2. The second-order valence-corrected chi connectivity index (χ2v) is 3.83. The number of hydrogen-bond donors (Lipinski definition) is 2. The van der Waals surface area contributed by atoms with E-state index in [1.807, 2.05) is 0 Å². The first-order valence-electron chi connectivity index (χ1n) is 4.72. The Balaban J connectivity index is 2.83. The molecular weight excluding hydrogens is 246 g/mol. The molecule has 0 aliphatic carbocycles. The van der Waals surface area contributed by atoms with Gasteiger partial charge in [0.2, 0.25) is 5.91 Å². The number of ketones is 1. The number of carboxylic acids is 1. The minimum Gasteiger partial charge on any atom is -0.478 e. The van der Waals surface area contributed by atoms with Gasteiger partial charge in [-0.25, -0.2) is 4.79 Å². The first-order valence-corrected chi connectivity index (χ1v) is 5.10. The summed E-state index contributed by atoms with van der Waals surface area (Å²) < 4.78 is 0. The number of hydrogen-bond acceptors (Lipinski definition) is 3. The van der Waals surface area contributed by atoms with E-state index in [9.17, 15) is 14.4 Å². The van der Waals surface area contributed by atoms with Crippen molar-refractivity contribution in [3.63, 3.8) is 0 Å². The van der Waals surface area contributed by atoms with Gasteiger partial charge in [0.1, 0.15) is 5.78 Å². The molecule has 1 aromatic rings. The van der Waals surface area contributed by atoms with Crippen molar-refractivity contribution in [1.82, 2.24) is 0 Å². The molecule has 6 heteroatoms. The lowest BCUT2D eigenvalue weighted by Gasteiger charge is -2.06. The van der Waals surface area contributed by atoms with Gasteiger partial charge in [0.05, 0.1) is 22.7 Å². The molecule has 5 nitrogen and oxygen atoms in total. The number of Topliss-reactive ketones (excluding diaryl/α,β-unsaturated/α-hetero) is 1. The first-order chi connectivity index (χ1) is 7.90.